The number of rotatable bonds is 12. The molecule has 0 spiro atoms. The highest BCUT2D eigenvalue weighted by Crippen LogP contribution is 2.35. The van der Waals surface area contributed by atoms with Gasteiger partial charge in [0, 0.05) is 12.0 Å². The molecule has 0 aliphatic carbocycles. The normalized spacial score (nSPS) is 28.9. The lowest BCUT2D eigenvalue weighted by molar-refractivity contribution is -0.697. The number of ether oxygens (including phenoxy) is 4. The fourth-order valence-electron chi connectivity index (χ4n) is 4.50. The summed E-state index contributed by atoms with van der Waals surface area (Å²) >= 11 is 0. The maximum atomic E-state index is 12.6. The van der Waals surface area contributed by atoms with Crippen LogP contribution < -0.4 is 4.57 Å². The molecular formula is C27H34NO13+. The average molecular weight is 581 g/mol. The number of methoxy groups -OCH3 is 1. The monoisotopic (exact) mass is 580 g/mol. The Kier molecular flexibility index (Phi) is 11.1. The number of aromatic carboxylic acids is 1. The molecule has 2 aliphatic heterocycles. The number of hydrogen-bond acceptors (Lipinski definition) is 11. The van der Waals surface area contributed by atoms with Crippen LogP contribution in [0.25, 0.3) is 0 Å². The Balaban J connectivity index is 1.91. The second kappa shape index (κ2) is 14.3. The van der Waals surface area contributed by atoms with E-state index in [1.165, 1.54) is 25.4 Å². The summed E-state index contributed by atoms with van der Waals surface area (Å²) in [5, 5.41) is 58.4. The molecule has 41 heavy (non-hydrogen) atoms. The van der Waals surface area contributed by atoms with E-state index in [4.69, 9.17) is 24.1 Å². The Bertz CT molecular complexity index is 1190. The molecule has 3 heterocycles. The number of aliphatic hydroxyl groups is 4. The van der Waals surface area contributed by atoms with Crippen LogP contribution in [0.1, 0.15) is 28.8 Å². The van der Waals surface area contributed by atoms with Crippen LogP contribution in [-0.2, 0) is 41.5 Å². The molecule has 6 N–H and O–H groups in total. The minimum atomic E-state index is -1.70. The maximum Gasteiger partial charge on any atom is 0.341 e. The number of carbonyl (C=O) groups is 3. The highest BCUT2D eigenvalue weighted by atomic mass is 16.8. The number of allylic oxidation sites excluding steroid dienone is 1. The topological polar surface area (TPSA) is 213 Å². The highest BCUT2D eigenvalue weighted by Gasteiger charge is 2.46. The Morgan fingerprint density at radius 3 is 2.44 bits per heavy atom. The van der Waals surface area contributed by atoms with E-state index in [2.05, 4.69) is 6.58 Å². The van der Waals surface area contributed by atoms with Crippen LogP contribution in [0, 0.1) is 5.92 Å². The lowest BCUT2D eigenvalue weighted by Gasteiger charge is -2.42. The van der Waals surface area contributed by atoms with Crippen LogP contribution in [0.3, 0.4) is 0 Å². The van der Waals surface area contributed by atoms with Crippen molar-refractivity contribution in [2.45, 2.75) is 62.8 Å². The van der Waals surface area contributed by atoms with Crippen LogP contribution in [0.4, 0.5) is 0 Å². The van der Waals surface area contributed by atoms with Gasteiger partial charge < -0.3 is 49.6 Å². The summed E-state index contributed by atoms with van der Waals surface area (Å²) in [6, 6.07) is 1.44. The van der Waals surface area contributed by atoms with E-state index in [-0.39, 0.29) is 36.9 Å². The zero-order chi connectivity index (χ0) is 30.3. The molecule has 0 amide bonds. The lowest BCUT2D eigenvalue weighted by Crippen LogP contribution is -2.60. The predicted octanol–water partition coefficient (Wildman–Crippen LogP) is -0.962. The van der Waals surface area contributed by atoms with E-state index in [1.807, 2.05) is 0 Å². The standard InChI is InChI=1S/C27H33NO13/c1-3-16-17(7-6-14-9-15(24(35)36)11-28(10-14)8-4-5-20(30)31)18(25(37)38-2)13-39-26(16)41-27-23(34)22(33)21(32)19(12-29)40-27/h3,7,9-11,13,16,19,21-23,26-27,29,32-34H,1,4-6,8,12H2,2H3,(H-,30,31,35,36)/p+1. The maximum absolute atomic E-state index is 12.6. The van der Waals surface area contributed by atoms with Gasteiger partial charge in [-0.1, -0.05) is 12.2 Å². The van der Waals surface area contributed by atoms with Gasteiger partial charge in [0.1, 0.15) is 42.8 Å². The summed E-state index contributed by atoms with van der Waals surface area (Å²) in [5.41, 5.74) is 0.884. The highest BCUT2D eigenvalue weighted by molar-refractivity contribution is 5.93. The number of aromatic nitrogens is 1. The van der Waals surface area contributed by atoms with Crippen LogP contribution >= 0.6 is 0 Å². The molecule has 1 aromatic rings. The van der Waals surface area contributed by atoms with Crippen molar-refractivity contribution in [1.82, 2.24) is 0 Å². The number of esters is 1. The van der Waals surface area contributed by atoms with Gasteiger partial charge in [-0.25, -0.2) is 14.2 Å². The summed E-state index contributed by atoms with van der Waals surface area (Å²) in [6.45, 7) is 3.39. The van der Waals surface area contributed by atoms with E-state index in [0.29, 0.717) is 11.1 Å². The zero-order valence-corrected chi connectivity index (χ0v) is 22.2. The second-order valence-electron chi connectivity index (χ2n) is 9.46. The summed E-state index contributed by atoms with van der Waals surface area (Å²) in [4.78, 5) is 35.1. The molecule has 7 unspecified atom stereocenters. The van der Waals surface area contributed by atoms with Gasteiger partial charge in [-0.15, -0.1) is 6.58 Å². The molecule has 1 saturated heterocycles. The van der Waals surface area contributed by atoms with E-state index < -0.39 is 67.4 Å². The quantitative estimate of drug-likeness (QED) is 0.0999. The molecule has 2 aliphatic rings. The van der Waals surface area contributed by atoms with E-state index in [0.717, 1.165) is 6.26 Å². The molecule has 0 radical (unpaired) electrons. The van der Waals surface area contributed by atoms with Gasteiger partial charge in [0.15, 0.2) is 18.7 Å². The second-order valence-corrected chi connectivity index (χ2v) is 9.46. The van der Waals surface area contributed by atoms with Crippen molar-refractivity contribution in [3.05, 3.63) is 65.7 Å². The average Bonchev–Trinajstić information content (AvgIpc) is 2.95. The largest absolute Gasteiger partial charge is 0.481 e. The molecule has 14 nitrogen and oxygen atoms in total. The van der Waals surface area contributed by atoms with Gasteiger partial charge >= 0.3 is 17.9 Å². The summed E-state index contributed by atoms with van der Waals surface area (Å²) in [5.74, 6) is -3.74. The first-order valence-electron chi connectivity index (χ1n) is 12.7. The minimum absolute atomic E-state index is 0.0176. The number of nitrogens with zero attached hydrogens (tertiary/aromatic N) is 1. The van der Waals surface area contributed by atoms with Crippen LogP contribution in [0.5, 0.6) is 0 Å². The Hall–Kier alpha value is -3.66. The van der Waals surface area contributed by atoms with Crippen molar-refractivity contribution in [3.8, 4) is 0 Å². The molecule has 0 saturated carbocycles. The van der Waals surface area contributed by atoms with Gasteiger partial charge in [-0.3, -0.25) is 4.79 Å². The first-order valence-corrected chi connectivity index (χ1v) is 12.7. The van der Waals surface area contributed by atoms with E-state index in [1.54, 1.807) is 16.8 Å². The van der Waals surface area contributed by atoms with Crippen molar-refractivity contribution in [2.24, 2.45) is 5.92 Å². The SMILES string of the molecule is C=CC1C(=CCc2cc(C(=O)O)c[n+](CCCC(=O)O)c2)C(C(=O)OC)=COC1OC1OC(CO)C(O)C(O)C1O. The van der Waals surface area contributed by atoms with Crippen LogP contribution in [-0.4, -0.2) is 99.3 Å². The number of pyridine rings is 1. The number of carboxylic acid groups (broad SMARTS) is 2. The third-order valence-corrected chi connectivity index (χ3v) is 6.65. The lowest BCUT2D eigenvalue weighted by atomic mass is 9.88. The van der Waals surface area contributed by atoms with Crippen molar-refractivity contribution in [3.63, 3.8) is 0 Å². The zero-order valence-electron chi connectivity index (χ0n) is 22.2. The number of aryl methyl sites for hydroxylation is 1. The Morgan fingerprint density at radius 2 is 1.83 bits per heavy atom. The summed E-state index contributed by atoms with van der Waals surface area (Å²) in [7, 11) is 1.18. The van der Waals surface area contributed by atoms with Crippen molar-refractivity contribution in [1.29, 1.82) is 0 Å². The third kappa shape index (κ3) is 7.75. The smallest absolute Gasteiger partial charge is 0.341 e. The van der Waals surface area contributed by atoms with Crippen molar-refractivity contribution < 1.29 is 68.5 Å². The number of carbonyl (C=O) groups excluding carboxylic acids is 1. The summed E-state index contributed by atoms with van der Waals surface area (Å²) in [6.07, 6.45) is -1.44. The minimum Gasteiger partial charge on any atom is -0.481 e. The van der Waals surface area contributed by atoms with Gasteiger partial charge in [-0.2, -0.15) is 0 Å². The molecule has 14 heteroatoms. The fraction of sp³-hybridized carbons (Fsp3) is 0.481. The Morgan fingerprint density at radius 1 is 1.10 bits per heavy atom. The molecule has 224 valence electrons. The molecule has 0 bridgehead atoms. The van der Waals surface area contributed by atoms with Gasteiger partial charge in [-0.05, 0) is 18.1 Å². The molecular weight excluding hydrogens is 546 g/mol. The number of aliphatic hydroxyl groups excluding tert-OH is 4. The predicted molar refractivity (Wildman–Crippen MR) is 136 cm³/mol. The number of carboxylic acids is 2. The molecule has 7 atom stereocenters. The van der Waals surface area contributed by atoms with Gasteiger partial charge in [0.05, 0.1) is 31.6 Å². The molecule has 0 aromatic carbocycles. The van der Waals surface area contributed by atoms with Crippen molar-refractivity contribution >= 4 is 17.9 Å². The number of hydrogen-bond donors (Lipinski definition) is 6. The molecule has 1 aromatic heterocycles. The summed E-state index contributed by atoms with van der Waals surface area (Å²) < 4.78 is 23.2. The van der Waals surface area contributed by atoms with Crippen molar-refractivity contribution in [2.75, 3.05) is 13.7 Å². The van der Waals surface area contributed by atoms with Crippen LogP contribution in [0.2, 0.25) is 0 Å². The van der Waals surface area contributed by atoms with Gasteiger partial charge in [0.25, 0.3) is 0 Å². The first kappa shape index (κ1) is 31.9. The van der Waals surface area contributed by atoms with E-state index >= 15 is 0 Å². The first-order chi connectivity index (χ1) is 19.5. The van der Waals surface area contributed by atoms with Gasteiger partial charge in [0.2, 0.25) is 6.29 Å². The fourth-order valence-corrected chi connectivity index (χ4v) is 4.50. The Labute approximate surface area is 235 Å². The van der Waals surface area contributed by atoms with E-state index in [9.17, 15) is 39.9 Å². The number of aliphatic carboxylic acids is 1. The molecule has 1 fully saturated rings. The third-order valence-electron chi connectivity index (χ3n) is 6.65. The van der Waals surface area contributed by atoms with Crippen LogP contribution in [0.15, 0.2) is 54.6 Å². The molecule has 3 rings (SSSR count).